The molecule has 168 valence electrons. The van der Waals surface area contributed by atoms with Crippen LogP contribution >= 0.6 is 0 Å². The maximum Gasteiger partial charge on any atom is 0.191 e. The standard InChI is InChI=1S/C24H41N5O/c1-3-25-24(26-13-18-28-14-5-4-6-15-28)27-19-21-11-16-29(17-12-21)20-22-7-9-23(30-2)10-8-22/h7-10,21H,3-6,11-20H2,1-2H3,(H2,25,26,27). The fourth-order valence-corrected chi connectivity index (χ4v) is 4.39. The number of nitrogens with one attached hydrogen (secondary N) is 2. The van der Waals surface area contributed by atoms with E-state index in [1.165, 1.54) is 50.8 Å². The molecule has 6 nitrogen and oxygen atoms in total. The lowest BCUT2D eigenvalue weighted by atomic mass is 9.96. The Bertz CT molecular complexity index is 619. The molecule has 2 heterocycles. The van der Waals surface area contributed by atoms with Crippen molar-refractivity contribution in [3.8, 4) is 5.75 Å². The Kier molecular flexibility index (Phi) is 9.77. The number of likely N-dealkylation sites (tertiary alicyclic amines) is 2. The number of aliphatic imine (C=N–C) groups is 1. The molecule has 2 aliphatic heterocycles. The van der Waals surface area contributed by atoms with Crippen LogP contribution in [0.5, 0.6) is 5.75 Å². The Hall–Kier alpha value is -1.79. The number of methoxy groups -OCH3 is 1. The van der Waals surface area contributed by atoms with Crippen LogP contribution in [-0.2, 0) is 6.54 Å². The van der Waals surface area contributed by atoms with Crippen LogP contribution in [0.2, 0.25) is 0 Å². The number of hydrogen-bond acceptors (Lipinski definition) is 4. The molecule has 0 bridgehead atoms. The third-order valence-electron chi connectivity index (χ3n) is 6.29. The number of ether oxygens (including phenoxy) is 1. The van der Waals surface area contributed by atoms with Gasteiger partial charge >= 0.3 is 0 Å². The minimum absolute atomic E-state index is 0.690. The zero-order chi connectivity index (χ0) is 21.0. The van der Waals surface area contributed by atoms with Crippen molar-refractivity contribution in [1.29, 1.82) is 0 Å². The quantitative estimate of drug-likeness (QED) is 0.480. The Morgan fingerprint density at radius 3 is 2.40 bits per heavy atom. The Morgan fingerprint density at radius 1 is 1.00 bits per heavy atom. The number of guanidine groups is 1. The van der Waals surface area contributed by atoms with Crippen LogP contribution < -0.4 is 15.4 Å². The third kappa shape index (κ3) is 7.80. The maximum absolute atomic E-state index is 5.25. The van der Waals surface area contributed by atoms with E-state index >= 15 is 0 Å². The second-order valence-corrected chi connectivity index (χ2v) is 8.62. The van der Waals surface area contributed by atoms with E-state index < -0.39 is 0 Å². The van der Waals surface area contributed by atoms with Crippen molar-refractivity contribution in [3.63, 3.8) is 0 Å². The average Bonchev–Trinajstić information content (AvgIpc) is 2.80. The van der Waals surface area contributed by atoms with Gasteiger partial charge in [-0.1, -0.05) is 18.6 Å². The van der Waals surface area contributed by atoms with Gasteiger partial charge in [-0.15, -0.1) is 0 Å². The summed E-state index contributed by atoms with van der Waals surface area (Å²) in [5.41, 5.74) is 1.36. The molecule has 0 aromatic heterocycles. The molecule has 2 N–H and O–H groups in total. The Labute approximate surface area is 183 Å². The molecule has 2 fully saturated rings. The van der Waals surface area contributed by atoms with Crippen LogP contribution in [0.3, 0.4) is 0 Å². The van der Waals surface area contributed by atoms with Gasteiger partial charge in [-0.2, -0.15) is 0 Å². The zero-order valence-electron chi connectivity index (χ0n) is 19.0. The van der Waals surface area contributed by atoms with Crippen molar-refractivity contribution in [2.75, 3.05) is 59.5 Å². The highest BCUT2D eigenvalue weighted by Gasteiger charge is 2.19. The summed E-state index contributed by atoms with van der Waals surface area (Å²) in [4.78, 5) is 10.0. The fourth-order valence-electron chi connectivity index (χ4n) is 4.39. The van der Waals surface area contributed by atoms with Gasteiger partial charge in [-0.05, 0) is 82.4 Å². The molecule has 2 saturated heterocycles. The topological polar surface area (TPSA) is 52.1 Å². The molecule has 0 saturated carbocycles. The molecule has 1 aromatic carbocycles. The smallest absolute Gasteiger partial charge is 0.191 e. The van der Waals surface area contributed by atoms with E-state index in [0.717, 1.165) is 57.5 Å². The SMILES string of the molecule is CCNC(=NCC1CCN(Cc2ccc(OC)cc2)CC1)NCCN1CCCCC1. The highest BCUT2D eigenvalue weighted by Crippen LogP contribution is 2.20. The summed E-state index contributed by atoms with van der Waals surface area (Å²) in [5.74, 6) is 2.60. The molecular formula is C24H41N5O. The predicted octanol–water partition coefficient (Wildman–Crippen LogP) is 2.95. The number of piperidine rings is 2. The fraction of sp³-hybridized carbons (Fsp3) is 0.708. The Morgan fingerprint density at radius 2 is 1.73 bits per heavy atom. The number of benzene rings is 1. The molecule has 1 aromatic rings. The van der Waals surface area contributed by atoms with Crippen LogP contribution in [0.1, 0.15) is 44.6 Å². The van der Waals surface area contributed by atoms with Gasteiger partial charge in [0.2, 0.25) is 0 Å². The summed E-state index contributed by atoms with van der Waals surface area (Å²) in [6.45, 7) is 11.9. The highest BCUT2D eigenvalue weighted by molar-refractivity contribution is 5.79. The zero-order valence-corrected chi connectivity index (χ0v) is 19.0. The van der Waals surface area contributed by atoms with E-state index in [9.17, 15) is 0 Å². The van der Waals surface area contributed by atoms with Crippen LogP contribution in [-0.4, -0.2) is 75.2 Å². The van der Waals surface area contributed by atoms with E-state index in [2.05, 4.69) is 51.6 Å². The Balaban J connectivity index is 1.36. The lowest BCUT2D eigenvalue weighted by molar-refractivity contribution is 0.180. The number of nitrogens with zero attached hydrogens (tertiary/aromatic N) is 3. The van der Waals surface area contributed by atoms with E-state index in [1.54, 1.807) is 7.11 Å². The van der Waals surface area contributed by atoms with Gasteiger partial charge in [0.05, 0.1) is 7.11 Å². The van der Waals surface area contributed by atoms with Crippen LogP contribution in [0.15, 0.2) is 29.3 Å². The monoisotopic (exact) mass is 415 g/mol. The first-order valence-corrected chi connectivity index (χ1v) is 11.9. The number of hydrogen-bond donors (Lipinski definition) is 2. The number of rotatable bonds is 9. The van der Waals surface area contributed by atoms with Crippen molar-refractivity contribution >= 4 is 5.96 Å². The molecular weight excluding hydrogens is 374 g/mol. The molecule has 0 radical (unpaired) electrons. The summed E-state index contributed by atoms with van der Waals surface area (Å²) in [6.07, 6.45) is 6.56. The van der Waals surface area contributed by atoms with Gasteiger partial charge in [-0.3, -0.25) is 9.89 Å². The largest absolute Gasteiger partial charge is 0.497 e. The molecule has 30 heavy (non-hydrogen) atoms. The average molecular weight is 416 g/mol. The predicted molar refractivity (Wildman–Crippen MR) is 125 cm³/mol. The van der Waals surface area contributed by atoms with E-state index in [-0.39, 0.29) is 0 Å². The van der Waals surface area contributed by atoms with Gasteiger partial charge < -0.3 is 20.3 Å². The molecule has 0 aliphatic carbocycles. The van der Waals surface area contributed by atoms with Gasteiger partial charge in [0.25, 0.3) is 0 Å². The molecule has 0 unspecified atom stereocenters. The summed E-state index contributed by atoms with van der Waals surface area (Å²) in [5, 5.41) is 6.95. The van der Waals surface area contributed by atoms with Gasteiger partial charge in [-0.25, -0.2) is 0 Å². The van der Waals surface area contributed by atoms with Crippen molar-refractivity contribution in [3.05, 3.63) is 29.8 Å². The summed E-state index contributed by atoms with van der Waals surface area (Å²) >= 11 is 0. The van der Waals surface area contributed by atoms with E-state index in [4.69, 9.17) is 9.73 Å². The lowest BCUT2D eigenvalue weighted by Crippen LogP contribution is -2.43. The molecule has 0 spiro atoms. The second kappa shape index (κ2) is 12.8. The normalized spacial score (nSPS) is 19.6. The molecule has 0 amide bonds. The van der Waals surface area contributed by atoms with Crippen molar-refractivity contribution in [2.24, 2.45) is 10.9 Å². The van der Waals surface area contributed by atoms with E-state index in [0.29, 0.717) is 5.92 Å². The molecule has 0 atom stereocenters. The second-order valence-electron chi connectivity index (χ2n) is 8.62. The van der Waals surface area contributed by atoms with Crippen LogP contribution in [0.25, 0.3) is 0 Å². The lowest BCUT2D eigenvalue weighted by Gasteiger charge is -2.31. The van der Waals surface area contributed by atoms with Gasteiger partial charge in [0, 0.05) is 32.7 Å². The van der Waals surface area contributed by atoms with E-state index in [1.807, 2.05) is 0 Å². The van der Waals surface area contributed by atoms with Crippen LogP contribution in [0, 0.1) is 5.92 Å². The molecule has 3 rings (SSSR count). The first kappa shape index (κ1) is 22.9. The third-order valence-corrected chi connectivity index (χ3v) is 6.29. The van der Waals surface area contributed by atoms with Crippen molar-refractivity contribution < 1.29 is 4.74 Å². The van der Waals surface area contributed by atoms with Gasteiger partial charge in [0.15, 0.2) is 5.96 Å². The summed E-state index contributed by atoms with van der Waals surface area (Å²) in [7, 11) is 1.72. The first-order chi connectivity index (χ1) is 14.8. The van der Waals surface area contributed by atoms with Gasteiger partial charge in [0.1, 0.15) is 5.75 Å². The minimum atomic E-state index is 0.690. The van der Waals surface area contributed by atoms with Crippen LogP contribution in [0.4, 0.5) is 0 Å². The first-order valence-electron chi connectivity index (χ1n) is 11.9. The summed E-state index contributed by atoms with van der Waals surface area (Å²) in [6, 6.07) is 8.45. The van der Waals surface area contributed by atoms with Crippen molar-refractivity contribution in [1.82, 2.24) is 20.4 Å². The minimum Gasteiger partial charge on any atom is -0.497 e. The maximum atomic E-state index is 5.25. The van der Waals surface area contributed by atoms with Crippen molar-refractivity contribution in [2.45, 2.75) is 45.6 Å². The highest BCUT2D eigenvalue weighted by atomic mass is 16.5. The molecule has 6 heteroatoms. The molecule has 2 aliphatic rings. The summed E-state index contributed by atoms with van der Waals surface area (Å²) < 4.78 is 5.25.